The molecule has 6 nitrogen and oxygen atoms in total. The third-order valence-electron chi connectivity index (χ3n) is 5.66. The minimum atomic E-state index is -4.26. The summed E-state index contributed by atoms with van der Waals surface area (Å²) in [5.41, 5.74) is 11.7. The number of carbonyl (C=O) groups is 1. The van der Waals surface area contributed by atoms with E-state index in [1.54, 1.807) is 0 Å². The van der Waals surface area contributed by atoms with Crippen LogP contribution in [0, 0.1) is 5.92 Å². The lowest BCUT2D eigenvalue weighted by molar-refractivity contribution is -0.148. The lowest BCUT2D eigenvalue weighted by Crippen LogP contribution is -2.60. The Morgan fingerprint density at radius 2 is 1.68 bits per heavy atom. The van der Waals surface area contributed by atoms with Gasteiger partial charge in [-0.15, -0.1) is 0 Å². The zero-order valence-corrected chi connectivity index (χ0v) is 21.2. The Hall–Kier alpha value is -1.68. The topological polar surface area (TPSA) is 102 Å². The van der Waals surface area contributed by atoms with Gasteiger partial charge in [-0.25, -0.2) is 0 Å². The number of alkyl halides is 3. The third kappa shape index (κ3) is 11.6. The number of rotatable bonds is 3. The van der Waals surface area contributed by atoms with E-state index < -0.39 is 11.7 Å². The third-order valence-corrected chi connectivity index (χ3v) is 5.66. The first-order valence-electron chi connectivity index (χ1n) is 12.0. The number of nitrogens with one attached hydrogen (secondary N) is 2. The molecule has 1 aromatic rings. The van der Waals surface area contributed by atoms with E-state index in [-0.39, 0.29) is 29.5 Å². The van der Waals surface area contributed by atoms with Crippen LogP contribution in [0.3, 0.4) is 0 Å². The van der Waals surface area contributed by atoms with Crippen molar-refractivity contribution in [1.29, 1.82) is 0 Å². The fourth-order valence-electron chi connectivity index (χ4n) is 4.54. The molecule has 1 unspecified atom stereocenters. The van der Waals surface area contributed by atoms with Gasteiger partial charge in [-0.2, -0.15) is 13.2 Å². The summed E-state index contributed by atoms with van der Waals surface area (Å²) >= 11 is 0. The van der Waals surface area contributed by atoms with Crippen LogP contribution in [-0.2, 0) is 22.3 Å². The van der Waals surface area contributed by atoms with Crippen LogP contribution in [0.25, 0.3) is 0 Å². The van der Waals surface area contributed by atoms with Crippen molar-refractivity contribution < 1.29 is 22.7 Å². The van der Waals surface area contributed by atoms with Crippen LogP contribution < -0.4 is 22.1 Å². The molecule has 2 aliphatic rings. The largest absolute Gasteiger partial charge is 0.466 e. The van der Waals surface area contributed by atoms with Crippen LogP contribution in [0.15, 0.2) is 24.3 Å². The Bertz CT molecular complexity index is 715. The highest BCUT2D eigenvalue weighted by atomic mass is 19.4. The summed E-state index contributed by atoms with van der Waals surface area (Å²) in [4.78, 5) is 11.1. The van der Waals surface area contributed by atoms with Crippen molar-refractivity contribution in [3.63, 3.8) is 0 Å². The number of nitrogens with two attached hydrogens (primary N) is 2. The van der Waals surface area contributed by atoms with Gasteiger partial charge >= 0.3 is 12.1 Å². The van der Waals surface area contributed by atoms with E-state index in [4.69, 9.17) is 16.2 Å². The van der Waals surface area contributed by atoms with Gasteiger partial charge in [0.05, 0.1) is 18.1 Å². The average molecular weight is 489 g/mol. The summed E-state index contributed by atoms with van der Waals surface area (Å²) in [6.07, 6.45) is -0.0324. The van der Waals surface area contributed by atoms with Crippen molar-refractivity contribution >= 4 is 5.97 Å². The fraction of sp³-hybridized carbons (Fsp3) is 0.720. The molecule has 0 spiro atoms. The average Bonchev–Trinajstić information content (AvgIpc) is 2.72. The quantitative estimate of drug-likeness (QED) is 0.480. The molecule has 0 radical (unpaired) electrons. The lowest BCUT2D eigenvalue weighted by atomic mass is 9.80. The number of hydrogen-bond donors (Lipinski definition) is 4. The number of piperidine rings is 2. The van der Waals surface area contributed by atoms with Crippen molar-refractivity contribution in [2.45, 2.75) is 90.1 Å². The molecule has 34 heavy (non-hydrogen) atoms. The highest BCUT2D eigenvalue weighted by Gasteiger charge is 2.35. The van der Waals surface area contributed by atoms with Crippen molar-refractivity contribution in [1.82, 2.24) is 10.6 Å². The van der Waals surface area contributed by atoms with Crippen molar-refractivity contribution in [2.24, 2.45) is 17.4 Å². The highest BCUT2D eigenvalue weighted by Crippen LogP contribution is 2.29. The number of esters is 1. The molecule has 0 aromatic heterocycles. The molecule has 3 rings (SSSR count). The molecule has 196 valence electrons. The van der Waals surface area contributed by atoms with Crippen LogP contribution in [0.1, 0.15) is 71.4 Å². The Morgan fingerprint density at radius 1 is 1.12 bits per heavy atom. The van der Waals surface area contributed by atoms with E-state index in [9.17, 15) is 18.0 Å². The SMILES string of the molecule is CC1(C)CC(N)CC(C)(C)N1.CCOC(=O)C1CCCNC1.NCc1ccc(C(F)(F)F)cc1. The number of halogens is 3. The first-order chi connectivity index (χ1) is 15.7. The maximum absolute atomic E-state index is 12.0. The highest BCUT2D eigenvalue weighted by molar-refractivity contribution is 5.72. The number of carbonyl (C=O) groups excluding carboxylic acids is 1. The van der Waals surface area contributed by atoms with E-state index in [1.807, 2.05) is 6.92 Å². The Kier molecular flexibility index (Phi) is 12.0. The van der Waals surface area contributed by atoms with E-state index in [2.05, 4.69) is 38.3 Å². The second-order valence-electron chi connectivity index (χ2n) is 10.3. The maximum Gasteiger partial charge on any atom is 0.416 e. The molecule has 9 heteroatoms. The molecule has 0 bridgehead atoms. The van der Waals surface area contributed by atoms with Crippen LogP contribution >= 0.6 is 0 Å². The zero-order valence-electron chi connectivity index (χ0n) is 21.2. The van der Waals surface area contributed by atoms with Gasteiger partial charge in [-0.05, 0) is 84.5 Å². The maximum atomic E-state index is 12.0. The molecule has 1 atom stereocenters. The van der Waals surface area contributed by atoms with Crippen LogP contribution in [0.5, 0.6) is 0 Å². The number of ether oxygens (including phenoxy) is 1. The van der Waals surface area contributed by atoms with Crippen LogP contribution in [0.2, 0.25) is 0 Å². The molecule has 1 aromatic carbocycles. The molecule has 0 amide bonds. The monoisotopic (exact) mass is 488 g/mol. The van der Waals surface area contributed by atoms with E-state index in [1.165, 1.54) is 12.1 Å². The zero-order chi connectivity index (χ0) is 26.0. The molecular weight excluding hydrogens is 445 g/mol. The molecule has 2 saturated heterocycles. The predicted molar refractivity (Wildman–Crippen MR) is 130 cm³/mol. The summed E-state index contributed by atoms with van der Waals surface area (Å²) in [5, 5.41) is 6.76. The molecule has 0 saturated carbocycles. The Labute approximate surface area is 202 Å². The first-order valence-corrected chi connectivity index (χ1v) is 12.0. The Morgan fingerprint density at radius 3 is 2.06 bits per heavy atom. The van der Waals surface area contributed by atoms with E-state index >= 15 is 0 Å². The summed E-state index contributed by atoms with van der Waals surface area (Å²) in [7, 11) is 0. The fourth-order valence-corrected chi connectivity index (χ4v) is 4.54. The van der Waals surface area contributed by atoms with Gasteiger partial charge < -0.3 is 26.8 Å². The molecule has 0 aliphatic carbocycles. The summed E-state index contributed by atoms with van der Waals surface area (Å²) in [6.45, 7) is 13.3. The molecule has 2 aliphatic heterocycles. The van der Waals surface area contributed by atoms with Gasteiger partial charge in [0.15, 0.2) is 0 Å². The van der Waals surface area contributed by atoms with Crippen LogP contribution in [0.4, 0.5) is 13.2 Å². The number of hydrogen-bond acceptors (Lipinski definition) is 6. The summed E-state index contributed by atoms with van der Waals surface area (Å²) in [6, 6.07) is 5.18. The van der Waals surface area contributed by atoms with Crippen LogP contribution in [-0.4, -0.2) is 42.8 Å². The second-order valence-corrected chi connectivity index (χ2v) is 10.3. The van der Waals surface area contributed by atoms with Gasteiger partial charge in [0, 0.05) is 30.2 Å². The smallest absolute Gasteiger partial charge is 0.416 e. The first kappa shape index (κ1) is 30.4. The van der Waals surface area contributed by atoms with Gasteiger partial charge in [0.1, 0.15) is 0 Å². The normalized spacial score (nSPS) is 21.9. The van der Waals surface area contributed by atoms with Crippen molar-refractivity contribution in [2.75, 3.05) is 19.7 Å². The van der Waals surface area contributed by atoms with Gasteiger partial charge in [-0.3, -0.25) is 4.79 Å². The summed E-state index contributed by atoms with van der Waals surface area (Å²) in [5.74, 6) is 0.0587. The summed E-state index contributed by atoms with van der Waals surface area (Å²) < 4.78 is 40.9. The van der Waals surface area contributed by atoms with Crippen molar-refractivity contribution in [3.8, 4) is 0 Å². The van der Waals surface area contributed by atoms with Gasteiger partial charge in [0.25, 0.3) is 0 Å². The second kappa shape index (κ2) is 13.4. The Balaban J connectivity index is 0.000000255. The van der Waals surface area contributed by atoms with Crippen molar-refractivity contribution in [3.05, 3.63) is 35.4 Å². The standard InChI is InChI=1S/C9H20N2.C8H8F3N.C8H15NO2/c1-8(2)5-7(10)6-9(3,4)11-8;9-8(10,11)7-3-1-6(5-12)2-4-7;1-2-11-8(10)7-4-3-5-9-6-7/h7,11H,5-6,10H2,1-4H3;1-4H,5,12H2;7,9H,2-6H2,1H3. The predicted octanol–water partition coefficient (Wildman–Crippen LogP) is 3.97. The minimum Gasteiger partial charge on any atom is -0.466 e. The van der Waals surface area contributed by atoms with E-state index in [0.29, 0.717) is 18.2 Å². The van der Waals surface area contributed by atoms with Gasteiger partial charge in [0.2, 0.25) is 0 Å². The molecule has 2 heterocycles. The molecular formula is C25H43F3N4O2. The van der Waals surface area contributed by atoms with Gasteiger partial charge in [-0.1, -0.05) is 12.1 Å². The number of benzene rings is 1. The van der Waals surface area contributed by atoms with E-state index in [0.717, 1.165) is 50.9 Å². The lowest BCUT2D eigenvalue weighted by Gasteiger charge is -2.45. The minimum absolute atomic E-state index is 0.0419. The molecule has 6 N–H and O–H groups in total. The molecule has 2 fully saturated rings.